The molecular weight excluding hydrogens is 362 g/mol. The normalized spacial score (nSPS) is 10.0. The first-order valence-electron chi connectivity index (χ1n) is 6.97. The van der Waals surface area contributed by atoms with E-state index in [0.29, 0.717) is 29.2 Å². The number of hydrogen-bond donors (Lipinski definition) is 1. The Hall–Kier alpha value is -2.34. The van der Waals surface area contributed by atoms with E-state index in [2.05, 4.69) is 26.0 Å². The van der Waals surface area contributed by atoms with Gasteiger partial charge < -0.3 is 14.8 Å². The van der Waals surface area contributed by atoms with Crippen LogP contribution in [-0.4, -0.2) is 25.6 Å². The number of ether oxygens (including phenoxy) is 2. The lowest BCUT2D eigenvalue weighted by molar-refractivity contribution is 0.0600. The SMILES string of the molecule is CCOc1cc(Br)ccc1C(=O)Nc1cccc(C(=O)OC)c1. The summed E-state index contributed by atoms with van der Waals surface area (Å²) in [5.41, 5.74) is 1.29. The largest absolute Gasteiger partial charge is 0.493 e. The summed E-state index contributed by atoms with van der Waals surface area (Å²) in [5.74, 6) is -0.286. The molecule has 120 valence electrons. The molecule has 0 saturated heterocycles. The highest BCUT2D eigenvalue weighted by Crippen LogP contribution is 2.25. The lowest BCUT2D eigenvalue weighted by Gasteiger charge is -2.11. The number of halogens is 1. The van der Waals surface area contributed by atoms with Crippen LogP contribution < -0.4 is 10.1 Å². The molecule has 6 heteroatoms. The van der Waals surface area contributed by atoms with E-state index in [0.717, 1.165) is 4.47 Å². The number of carbonyl (C=O) groups excluding carboxylic acids is 2. The second-order valence-electron chi connectivity index (χ2n) is 4.60. The van der Waals surface area contributed by atoms with Crippen LogP contribution in [0.1, 0.15) is 27.6 Å². The third kappa shape index (κ3) is 4.32. The van der Waals surface area contributed by atoms with Crippen molar-refractivity contribution < 1.29 is 19.1 Å². The van der Waals surface area contributed by atoms with Crippen LogP contribution in [0.25, 0.3) is 0 Å². The minimum Gasteiger partial charge on any atom is -0.493 e. The van der Waals surface area contributed by atoms with E-state index in [9.17, 15) is 9.59 Å². The van der Waals surface area contributed by atoms with Crippen LogP contribution >= 0.6 is 15.9 Å². The number of esters is 1. The maximum Gasteiger partial charge on any atom is 0.337 e. The Balaban J connectivity index is 2.24. The predicted octanol–water partition coefficient (Wildman–Crippen LogP) is 3.89. The van der Waals surface area contributed by atoms with Crippen LogP contribution in [0, 0.1) is 0 Å². The molecule has 0 fully saturated rings. The van der Waals surface area contributed by atoms with Crippen LogP contribution in [-0.2, 0) is 4.74 Å². The van der Waals surface area contributed by atoms with E-state index >= 15 is 0 Å². The Morgan fingerprint density at radius 2 is 1.96 bits per heavy atom. The Labute approximate surface area is 142 Å². The number of nitrogens with one attached hydrogen (secondary N) is 1. The molecule has 0 atom stereocenters. The molecule has 0 spiro atoms. The fraction of sp³-hybridized carbons (Fsp3) is 0.176. The van der Waals surface area contributed by atoms with Crippen molar-refractivity contribution in [3.8, 4) is 5.75 Å². The molecule has 2 aromatic carbocycles. The number of amides is 1. The van der Waals surface area contributed by atoms with Gasteiger partial charge in [-0.1, -0.05) is 22.0 Å². The zero-order chi connectivity index (χ0) is 16.8. The van der Waals surface area contributed by atoms with Gasteiger partial charge in [-0.25, -0.2) is 4.79 Å². The summed E-state index contributed by atoms with van der Waals surface area (Å²) in [5, 5.41) is 2.75. The molecule has 0 bridgehead atoms. The Kier molecular flexibility index (Phi) is 5.76. The highest BCUT2D eigenvalue weighted by Gasteiger charge is 2.14. The minimum absolute atomic E-state index is 0.317. The summed E-state index contributed by atoms with van der Waals surface area (Å²) < 4.78 is 11.0. The minimum atomic E-state index is -0.459. The fourth-order valence-corrected chi connectivity index (χ4v) is 2.34. The van der Waals surface area contributed by atoms with Crippen LogP contribution in [0.15, 0.2) is 46.9 Å². The van der Waals surface area contributed by atoms with Crippen LogP contribution in [0.4, 0.5) is 5.69 Å². The summed E-state index contributed by atoms with van der Waals surface area (Å²) >= 11 is 3.35. The molecule has 5 nitrogen and oxygen atoms in total. The van der Waals surface area contributed by atoms with Gasteiger partial charge in [-0.2, -0.15) is 0 Å². The highest BCUT2D eigenvalue weighted by atomic mass is 79.9. The van der Waals surface area contributed by atoms with Gasteiger partial charge >= 0.3 is 5.97 Å². The van der Waals surface area contributed by atoms with Gasteiger partial charge in [0.1, 0.15) is 5.75 Å². The molecule has 0 aromatic heterocycles. The average Bonchev–Trinajstić information content (AvgIpc) is 2.54. The molecule has 2 aromatic rings. The van der Waals surface area contributed by atoms with Crippen LogP contribution in [0.3, 0.4) is 0 Å². The highest BCUT2D eigenvalue weighted by molar-refractivity contribution is 9.10. The summed E-state index contributed by atoms with van der Waals surface area (Å²) in [7, 11) is 1.31. The van der Waals surface area contributed by atoms with E-state index < -0.39 is 5.97 Å². The molecule has 0 aliphatic heterocycles. The molecule has 1 N–H and O–H groups in total. The molecular formula is C17H16BrNO4. The van der Waals surface area contributed by atoms with Gasteiger partial charge in [0, 0.05) is 10.2 Å². The predicted molar refractivity (Wildman–Crippen MR) is 91.0 cm³/mol. The summed E-state index contributed by atoms with van der Waals surface area (Å²) in [6.07, 6.45) is 0. The first-order valence-corrected chi connectivity index (χ1v) is 7.76. The standard InChI is InChI=1S/C17H16BrNO4/c1-3-23-15-10-12(18)7-8-14(15)16(20)19-13-6-4-5-11(9-13)17(21)22-2/h4-10H,3H2,1-2H3,(H,19,20). The molecule has 0 saturated carbocycles. The van der Waals surface area contributed by atoms with Crippen molar-refractivity contribution in [1.82, 2.24) is 0 Å². The topological polar surface area (TPSA) is 64.6 Å². The van der Waals surface area contributed by atoms with Crippen LogP contribution in [0.2, 0.25) is 0 Å². The maximum absolute atomic E-state index is 12.4. The third-order valence-electron chi connectivity index (χ3n) is 3.03. The van der Waals surface area contributed by atoms with Gasteiger partial charge in [0.2, 0.25) is 0 Å². The smallest absolute Gasteiger partial charge is 0.337 e. The second kappa shape index (κ2) is 7.78. The number of rotatable bonds is 5. The zero-order valence-corrected chi connectivity index (χ0v) is 14.3. The molecule has 0 aliphatic rings. The van der Waals surface area contributed by atoms with E-state index in [1.54, 1.807) is 42.5 Å². The van der Waals surface area contributed by atoms with E-state index in [1.165, 1.54) is 7.11 Å². The van der Waals surface area contributed by atoms with Gasteiger partial charge in [0.05, 0.1) is 24.8 Å². The molecule has 23 heavy (non-hydrogen) atoms. The van der Waals surface area contributed by atoms with Crippen molar-refractivity contribution in [2.24, 2.45) is 0 Å². The Bertz CT molecular complexity index is 730. The number of hydrogen-bond acceptors (Lipinski definition) is 4. The van der Waals surface area contributed by atoms with Crippen molar-refractivity contribution >= 4 is 33.5 Å². The van der Waals surface area contributed by atoms with Gasteiger partial charge in [0.15, 0.2) is 0 Å². The van der Waals surface area contributed by atoms with Crippen LogP contribution in [0.5, 0.6) is 5.75 Å². The van der Waals surface area contributed by atoms with Gasteiger partial charge in [-0.05, 0) is 43.3 Å². The monoisotopic (exact) mass is 377 g/mol. The quantitative estimate of drug-likeness (QED) is 0.802. The van der Waals surface area contributed by atoms with Crippen molar-refractivity contribution in [2.75, 3.05) is 19.0 Å². The fourth-order valence-electron chi connectivity index (χ4n) is 2.00. The molecule has 2 rings (SSSR count). The van der Waals surface area contributed by atoms with Crippen molar-refractivity contribution in [3.05, 3.63) is 58.1 Å². The first-order chi connectivity index (χ1) is 11.0. The molecule has 0 radical (unpaired) electrons. The second-order valence-corrected chi connectivity index (χ2v) is 5.52. The van der Waals surface area contributed by atoms with Crippen molar-refractivity contribution in [1.29, 1.82) is 0 Å². The van der Waals surface area contributed by atoms with E-state index in [1.807, 2.05) is 6.92 Å². The van der Waals surface area contributed by atoms with Gasteiger partial charge in [-0.15, -0.1) is 0 Å². The van der Waals surface area contributed by atoms with E-state index in [4.69, 9.17) is 4.74 Å². The zero-order valence-electron chi connectivity index (χ0n) is 12.8. The average molecular weight is 378 g/mol. The first kappa shape index (κ1) is 17.0. The van der Waals surface area contributed by atoms with Gasteiger partial charge in [-0.3, -0.25) is 4.79 Å². The molecule has 0 heterocycles. The molecule has 0 aliphatic carbocycles. The Morgan fingerprint density at radius 1 is 1.17 bits per heavy atom. The number of methoxy groups -OCH3 is 1. The summed E-state index contributed by atoms with van der Waals surface area (Å²) in [6.45, 7) is 2.30. The summed E-state index contributed by atoms with van der Waals surface area (Å²) in [4.78, 5) is 24.0. The Morgan fingerprint density at radius 3 is 2.65 bits per heavy atom. The third-order valence-corrected chi connectivity index (χ3v) is 3.52. The maximum atomic E-state index is 12.4. The van der Waals surface area contributed by atoms with Crippen molar-refractivity contribution in [3.63, 3.8) is 0 Å². The number of anilines is 1. The molecule has 1 amide bonds. The number of carbonyl (C=O) groups is 2. The molecule has 0 unspecified atom stereocenters. The van der Waals surface area contributed by atoms with Crippen molar-refractivity contribution in [2.45, 2.75) is 6.92 Å². The summed E-state index contributed by atoms with van der Waals surface area (Å²) in [6, 6.07) is 11.7. The van der Waals surface area contributed by atoms with E-state index in [-0.39, 0.29) is 5.91 Å². The number of benzene rings is 2. The lowest BCUT2D eigenvalue weighted by Crippen LogP contribution is -2.14. The lowest BCUT2D eigenvalue weighted by atomic mass is 10.1. The van der Waals surface area contributed by atoms with Gasteiger partial charge in [0.25, 0.3) is 5.91 Å².